The molecule has 1 aliphatic rings. The summed E-state index contributed by atoms with van der Waals surface area (Å²) in [5.74, 6) is -8.07. The molecule has 7 atom stereocenters. The van der Waals surface area contributed by atoms with E-state index in [9.17, 15) is 72.2 Å². The monoisotopic (exact) mass is 1430 g/mol. The van der Waals surface area contributed by atoms with Crippen molar-refractivity contribution in [3.05, 3.63) is 29.8 Å². The van der Waals surface area contributed by atoms with E-state index >= 15 is 0 Å². The SMILES string of the molecule is CCN[C@@H](CCCCNC(=O)[C@H](CCC(=O)O)NC(=O)CCOCCOCCOCCOCCNC(=O)[C@H](CCC(=O)O)NC(=O)[C@@H](N)CSC1CC(=O)N(CCCCCC(=O)N[SiH2][C@H](C(=O)N[C@@H](CCCNC(N)=O)C(=O)Nc2ccc(COC(C)=O)cc2)C(C)C)C1=O)C(N)=O. The summed E-state index contributed by atoms with van der Waals surface area (Å²) < 4.78 is 26.9. The first-order valence-electron chi connectivity index (χ1n) is 33.0. The van der Waals surface area contributed by atoms with Gasteiger partial charge in [-0.2, -0.15) is 0 Å². The molecular formula is C62H103N13O21SSi. The predicted molar refractivity (Wildman–Crippen MR) is 361 cm³/mol. The second-order valence-corrected chi connectivity index (χ2v) is 26.2. The number of amides is 12. The van der Waals surface area contributed by atoms with Crippen molar-refractivity contribution in [2.24, 2.45) is 23.1 Å². The van der Waals surface area contributed by atoms with Gasteiger partial charge in [-0.05, 0) is 87.9 Å². The number of rotatable bonds is 56. The highest BCUT2D eigenvalue weighted by atomic mass is 32.2. The van der Waals surface area contributed by atoms with Crippen molar-refractivity contribution in [1.29, 1.82) is 0 Å². The van der Waals surface area contributed by atoms with Crippen LogP contribution in [0.2, 0.25) is 5.54 Å². The molecule has 1 aromatic carbocycles. The summed E-state index contributed by atoms with van der Waals surface area (Å²) in [7, 11) is -1.57. The Bertz CT molecular complexity index is 2720. The van der Waals surface area contributed by atoms with Gasteiger partial charge in [0, 0.05) is 82.2 Å². The first-order valence-corrected chi connectivity index (χ1v) is 35.6. The van der Waals surface area contributed by atoms with Crippen molar-refractivity contribution in [2.45, 2.75) is 172 Å². The summed E-state index contributed by atoms with van der Waals surface area (Å²) >= 11 is 1.00. The number of esters is 1. The number of anilines is 1. The van der Waals surface area contributed by atoms with Gasteiger partial charge in [0.1, 0.15) is 34.4 Å². The number of hydrogen-bond acceptors (Lipinski definition) is 22. The lowest BCUT2D eigenvalue weighted by Crippen LogP contribution is -2.52. The molecule has 1 heterocycles. The minimum atomic E-state index is -1.57. The average Bonchev–Trinajstić information content (AvgIpc) is 1.67. The quantitative estimate of drug-likeness (QED) is 0.0146. The fourth-order valence-corrected chi connectivity index (χ4v) is 12.0. The van der Waals surface area contributed by atoms with Crippen LogP contribution in [0, 0.1) is 5.92 Å². The number of nitrogens with zero attached hydrogens (tertiary/aromatic N) is 1. The van der Waals surface area contributed by atoms with E-state index < -0.39 is 134 Å². The van der Waals surface area contributed by atoms with E-state index in [-0.39, 0.29) is 148 Å². The highest BCUT2D eigenvalue weighted by molar-refractivity contribution is 8.00. The molecule has 36 heteroatoms. The number of nitrogens with two attached hydrogens (primary N) is 3. The van der Waals surface area contributed by atoms with Crippen LogP contribution in [0.15, 0.2) is 24.3 Å². The average molecular weight is 1430 g/mol. The number of ether oxygens (including phenoxy) is 5. The van der Waals surface area contributed by atoms with Gasteiger partial charge in [-0.15, -0.1) is 11.8 Å². The molecule has 0 aliphatic carbocycles. The zero-order valence-corrected chi connectivity index (χ0v) is 58.8. The van der Waals surface area contributed by atoms with Crippen molar-refractivity contribution >= 4 is 110 Å². The van der Waals surface area contributed by atoms with Crippen molar-refractivity contribution < 1.29 is 101 Å². The fraction of sp³-hybridized carbons (Fsp3) is 0.677. The van der Waals surface area contributed by atoms with Crippen LogP contribution in [0.4, 0.5) is 10.5 Å². The maximum Gasteiger partial charge on any atom is 0.312 e. The van der Waals surface area contributed by atoms with E-state index in [2.05, 4.69) is 47.5 Å². The number of hydrogen-bond donors (Lipinski definition) is 14. The van der Waals surface area contributed by atoms with Gasteiger partial charge in [-0.1, -0.05) is 39.3 Å². The number of aliphatic carboxylic acids is 2. The molecule has 1 saturated heterocycles. The number of nitrogens with one attached hydrogen (secondary N) is 9. The van der Waals surface area contributed by atoms with Gasteiger partial charge in [0.2, 0.25) is 59.1 Å². The van der Waals surface area contributed by atoms with Crippen LogP contribution in [0.5, 0.6) is 0 Å². The van der Waals surface area contributed by atoms with Gasteiger partial charge in [0.25, 0.3) is 0 Å². The molecule has 0 saturated carbocycles. The molecule has 98 heavy (non-hydrogen) atoms. The summed E-state index contributed by atoms with van der Waals surface area (Å²) in [6.45, 7) is 9.17. The molecule has 12 amide bonds. The number of unbranched alkanes of at least 4 members (excludes halogenated alkanes) is 3. The summed E-state index contributed by atoms with van der Waals surface area (Å²) in [6, 6.07) is 0.834. The molecular weight excluding hydrogens is 1320 g/mol. The van der Waals surface area contributed by atoms with E-state index in [1.165, 1.54) is 6.92 Å². The minimum Gasteiger partial charge on any atom is -0.481 e. The number of likely N-dealkylation sites (tertiary alicyclic amines) is 1. The smallest absolute Gasteiger partial charge is 0.312 e. The van der Waals surface area contributed by atoms with Gasteiger partial charge in [-0.25, -0.2) is 4.79 Å². The summed E-state index contributed by atoms with van der Waals surface area (Å²) in [4.78, 5) is 178. The van der Waals surface area contributed by atoms with E-state index in [4.69, 9.17) is 46.0 Å². The molecule has 34 nitrogen and oxygen atoms in total. The number of urea groups is 1. The zero-order valence-electron chi connectivity index (χ0n) is 56.6. The highest BCUT2D eigenvalue weighted by Gasteiger charge is 2.39. The Hall–Kier alpha value is -7.87. The van der Waals surface area contributed by atoms with Crippen LogP contribution in [0.3, 0.4) is 0 Å². The Morgan fingerprint density at radius 1 is 0.612 bits per heavy atom. The molecule has 1 unspecified atom stereocenters. The maximum atomic E-state index is 13.7. The Labute approximate surface area is 577 Å². The largest absolute Gasteiger partial charge is 0.481 e. The topological polar surface area (TPSA) is 515 Å². The Morgan fingerprint density at radius 2 is 1.17 bits per heavy atom. The molecule has 1 aromatic rings. The van der Waals surface area contributed by atoms with Gasteiger partial charge < -0.3 is 98.6 Å². The lowest BCUT2D eigenvalue weighted by Gasteiger charge is -2.24. The molecule has 0 bridgehead atoms. The number of carbonyl (C=O) groups excluding carboxylic acids is 12. The molecule has 17 N–H and O–H groups in total. The molecule has 0 radical (unpaired) electrons. The standard InChI is InChI=1S/C62H103N13O21SSi/c1-5-66-44(55(64)84)12-8-9-24-67-57(86)46(19-21-52(80)81)71-49(77)23-28-92-30-32-94-34-35-95-33-31-93-29-26-68-58(87)47(20-22-53(82)83)72-56(85)43(63)38-97-48-36-51(79)75(61(48)90)27-10-6-7-14-50(78)74-98-54(39(2)3)60(89)73-45(13-11-25-69-62(65)91)59(88)70-42-17-15-41(16-18-42)37-96-40(4)76/h15-18,39,43-48,54,66H,5-14,19-38,63,98H2,1-4H3,(H2,64,84)(H,67,86)(H,68,87)(H,70,88)(H,71,77)(H,72,85)(H,73,89)(H,74,78)(H,80,81)(H,82,83)(H3,65,69,91)/t43-,44-,45-,46-,47-,48?,54-/m0/s1. The van der Waals surface area contributed by atoms with Crippen LogP contribution in [-0.4, -0.2) is 235 Å². The molecule has 552 valence electrons. The van der Waals surface area contributed by atoms with Crippen LogP contribution in [-0.2, 0) is 92.6 Å². The van der Waals surface area contributed by atoms with Crippen LogP contribution in [0.25, 0.3) is 0 Å². The molecule has 0 aromatic heterocycles. The third-order valence-electron chi connectivity index (χ3n) is 15.0. The van der Waals surface area contributed by atoms with Gasteiger partial charge >= 0.3 is 23.9 Å². The minimum absolute atomic E-state index is 0.00808. The number of benzene rings is 1. The number of likely N-dealkylation sites (N-methyl/N-ethyl adjacent to an activating group) is 1. The number of carboxylic acid groups (broad SMARTS) is 2. The van der Waals surface area contributed by atoms with E-state index in [1.807, 2.05) is 20.8 Å². The van der Waals surface area contributed by atoms with Crippen LogP contribution >= 0.6 is 11.8 Å². The van der Waals surface area contributed by atoms with E-state index in [1.54, 1.807) is 24.3 Å². The molecule has 2 rings (SSSR count). The summed E-state index contributed by atoms with van der Waals surface area (Å²) in [5, 5.41) is 39.0. The summed E-state index contributed by atoms with van der Waals surface area (Å²) in [5.41, 5.74) is 17.3. The first-order chi connectivity index (χ1) is 46.7. The number of carboxylic acids is 2. The van der Waals surface area contributed by atoms with Crippen molar-refractivity contribution in [3.8, 4) is 0 Å². The van der Waals surface area contributed by atoms with Gasteiger partial charge in [0.15, 0.2) is 0 Å². The van der Waals surface area contributed by atoms with E-state index in [0.29, 0.717) is 62.7 Å². The third kappa shape index (κ3) is 38.9. The second kappa shape index (κ2) is 50.5. The van der Waals surface area contributed by atoms with Crippen molar-refractivity contribution in [1.82, 2.24) is 47.1 Å². The lowest BCUT2D eigenvalue weighted by molar-refractivity contribution is -0.142. The van der Waals surface area contributed by atoms with Crippen molar-refractivity contribution in [3.63, 3.8) is 0 Å². The number of imide groups is 1. The molecule has 1 fully saturated rings. The van der Waals surface area contributed by atoms with Crippen LogP contribution < -0.4 is 64.7 Å². The Kier molecular flexibility index (Phi) is 44.4. The zero-order chi connectivity index (χ0) is 72.8. The Morgan fingerprint density at radius 3 is 1.76 bits per heavy atom. The van der Waals surface area contributed by atoms with Crippen molar-refractivity contribution in [2.75, 3.05) is 96.6 Å². The predicted octanol–water partition coefficient (Wildman–Crippen LogP) is -1.96. The van der Waals surface area contributed by atoms with Gasteiger partial charge in [-0.3, -0.25) is 67.2 Å². The number of thioether (sulfide) groups is 1. The third-order valence-corrected chi connectivity index (χ3v) is 18.6. The highest BCUT2D eigenvalue weighted by Crippen LogP contribution is 2.26. The summed E-state index contributed by atoms with van der Waals surface area (Å²) in [6.07, 6.45) is 2.18. The first kappa shape index (κ1) is 86.2. The Balaban J connectivity index is 1.67. The van der Waals surface area contributed by atoms with Crippen LogP contribution in [0.1, 0.15) is 130 Å². The van der Waals surface area contributed by atoms with Gasteiger partial charge in [0.05, 0.1) is 70.2 Å². The fourth-order valence-electron chi connectivity index (χ4n) is 9.47. The number of carbonyl (C=O) groups is 14. The second-order valence-electron chi connectivity index (χ2n) is 23.3. The number of primary amides is 2. The maximum absolute atomic E-state index is 13.7. The van der Waals surface area contributed by atoms with E-state index in [0.717, 1.165) is 16.7 Å². The lowest BCUT2D eigenvalue weighted by atomic mass is 10.1. The molecule has 0 spiro atoms. The molecule has 1 aliphatic heterocycles. The normalized spacial score (nSPS) is 14.7.